The van der Waals surface area contributed by atoms with Crippen molar-refractivity contribution in [1.82, 2.24) is 0 Å². The lowest BCUT2D eigenvalue weighted by molar-refractivity contribution is -0.133. The molecule has 2 rings (SSSR count). The van der Waals surface area contributed by atoms with Crippen LogP contribution in [0.5, 0.6) is 11.5 Å². The van der Waals surface area contributed by atoms with Crippen LogP contribution in [0.2, 0.25) is 0 Å². The van der Waals surface area contributed by atoms with Gasteiger partial charge in [-0.15, -0.1) is 0 Å². The predicted molar refractivity (Wildman–Crippen MR) is 76.5 cm³/mol. The molecule has 2 aromatic carbocycles. The van der Waals surface area contributed by atoms with E-state index in [0.717, 1.165) is 15.8 Å². The molecule has 0 heterocycles. The second-order valence-corrected chi connectivity index (χ2v) is 4.87. The van der Waals surface area contributed by atoms with Gasteiger partial charge in [0.2, 0.25) is 0 Å². The summed E-state index contributed by atoms with van der Waals surface area (Å²) in [5.74, 6) is 0.973. The lowest BCUT2D eigenvalue weighted by Crippen LogP contribution is -2.11. The second kappa shape index (κ2) is 6.38. The third kappa shape index (κ3) is 4.10. The molecule has 0 aromatic heterocycles. The van der Waals surface area contributed by atoms with E-state index in [1.54, 1.807) is 19.2 Å². The third-order valence-electron chi connectivity index (χ3n) is 2.53. The van der Waals surface area contributed by atoms with Gasteiger partial charge in [-0.3, -0.25) is 4.79 Å². The molecule has 3 nitrogen and oxygen atoms in total. The second-order valence-electron chi connectivity index (χ2n) is 3.96. The van der Waals surface area contributed by atoms with Crippen LogP contribution in [0.4, 0.5) is 0 Å². The van der Waals surface area contributed by atoms with Crippen molar-refractivity contribution in [3.05, 3.63) is 58.6 Å². The largest absolute Gasteiger partial charge is 0.497 e. The summed E-state index contributed by atoms with van der Waals surface area (Å²) in [6.45, 7) is 0. The van der Waals surface area contributed by atoms with Gasteiger partial charge in [-0.1, -0.05) is 28.1 Å². The zero-order chi connectivity index (χ0) is 13.7. The molecular formula is C15H13BrO3. The number of hydrogen-bond acceptors (Lipinski definition) is 3. The van der Waals surface area contributed by atoms with E-state index in [1.807, 2.05) is 36.4 Å². The first-order chi connectivity index (χ1) is 9.17. The van der Waals surface area contributed by atoms with E-state index in [9.17, 15) is 4.79 Å². The van der Waals surface area contributed by atoms with E-state index in [4.69, 9.17) is 9.47 Å². The average molecular weight is 321 g/mol. The molecule has 0 unspecified atom stereocenters. The Morgan fingerprint density at radius 1 is 1.11 bits per heavy atom. The maximum atomic E-state index is 11.8. The molecule has 2 aromatic rings. The molecular weight excluding hydrogens is 308 g/mol. The number of rotatable bonds is 4. The molecule has 0 bridgehead atoms. The molecule has 4 heteroatoms. The van der Waals surface area contributed by atoms with Crippen molar-refractivity contribution in [1.29, 1.82) is 0 Å². The molecule has 0 N–H and O–H groups in total. The number of carbonyl (C=O) groups excluding carboxylic acids is 1. The molecule has 0 fully saturated rings. The highest BCUT2D eigenvalue weighted by molar-refractivity contribution is 9.10. The number of halogens is 1. The van der Waals surface area contributed by atoms with Crippen LogP contribution in [0.1, 0.15) is 5.56 Å². The normalized spacial score (nSPS) is 10.0. The Morgan fingerprint density at radius 3 is 2.53 bits per heavy atom. The van der Waals surface area contributed by atoms with E-state index in [0.29, 0.717) is 5.75 Å². The predicted octanol–water partition coefficient (Wildman–Crippen LogP) is 3.61. The molecule has 0 saturated heterocycles. The highest BCUT2D eigenvalue weighted by Crippen LogP contribution is 2.17. The zero-order valence-corrected chi connectivity index (χ0v) is 12.0. The van der Waals surface area contributed by atoms with E-state index in [-0.39, 0.29) is 12.4 Å². The number of methoxy groups -OCH3 is 1. The van der Waals surface area contributed by atoms with Gasteiger partial charge in [0.15, 0.2) is 0 Å². The monoisotopic (exact) mass is 320 g/mol. The lowest BCUT2D eigenvalue weighted by atomic mass is 10.1. The van der Waals surface area contributed by atoms with Gasteiger partial charge in [0.1, 0.15) is 11.5 Å². The Labute approximate surface area is 120 Å². The number of esters is 1. The summed E-state index contributed by atoms with van der Waals surface area (Å²) >= 11 is 3.33. The lowest BCUT2D eigenvalue weighted by Gasteiger charge is -2.06. The van der Waals surface area contributed by atoms with Gasteiger partial charge in [-0.25, -0.2) is 0 Å². The number of ether oxygens (including phenoxy) is 2. The molecule has 0 amide bonds. The number of benzene rings is 2. The van der Waals surface area contributed by atoms with Gasteiger partial charge in [0, 0.05) is 4.47 Å². The molecule has 0 saturated carbocycles. The van der Waals surface area contributed by atoms with Crippen molar-refractivity contribution >= 4 is 21.9 Å². The van der Waals surface area contributed by atoms with E-state index in [1.165, 1.54) is 0 Å². The van der Waals surface area contributed by atoms with E-state index < -0.39 is 0 Å². The summed E-state index contributed by atoms with van der Waals surface area (Å²) < 4.78 is 11.3. The van der Waals surface area contributed by atoms with Crippen LogP contribution >= 0.6 is 15.9 Å². The number of carbonyl (C=O) groups is 1. The standard InChI is InChI=1S/C15H13BrO3/c1-18-14-4-2-3-11(9-14)10-15(17)19-13-7-5-12(16)6-8-13/h2-9H,10H2,1H3. The summed E-state index contributed by atoms with van der Waals surface area (Å²) in [6.07, 6.45) is 0.216. The van der Waals surface area contributed by atoms with Crippen molar-refractivity contribution in [2.24, 2.45) is 0 Å². The number of hydrogen-bond donors (Lipinski definition) is 0. The van der Waals surface area contributed by atoms with Crippen LogP contribution < -0.4 is 9.47 Å². The fraction of sp³-hybridized carbons (Fsp3) is 0.133. The van der Waals surface area contributed by atoms with Crippen LogP contribution in [0.25, 0.3) is 0 Å². The minimum Gasteiger partial charge on any atom is -0.497 e. The smallest absolute Gasteiger partial charge is 0.315 e. The maximum Gasteiger partial charge on any atom is 0.315 e. The van der Waals surface area contributed by atoms with Gasteiger partial charge in [-0.2, -0.15) is 0 Å². The van der Waals surface area contributed by atoms with Gasteiger partial charge in [0.05, 0.1) is 13.5 Å². The van der Waals surface area contributed by atoms with Crippen LogP contribution in [-0.2, 0) is 11.2 Å². The Kier molecular flexibility index (Phi) is 4.58. The SMILES string of the molecule is COc1cccc(CC(=O)Oc2ccc(Br)cc2)c1. The van der Waals surface area contributed by atoms with Crippen molar-refractivity contribution in [2.45, 2.75) is 6.42 Å². The van der Waals surface area contributed by atoms with Crippen LogP contribution in [0.15, 0.2) is 53.0 Å². The molecule has 0 aliphatic carbocycles. The minimum absolute atomic E-state index is 0.216. The summed E-state index contributed by atoms with van der Waals surface area (Å²) in [7, 11) is 1.60. The summed E-state index contributed by atoms with van der Waals surface area (Å²) in [5.41, 5.74) is 0.862. The zero-order valence-electron chi connectivity index (χ0n) is 10.4. The molecule has 0 radical (unpaired) electrons. The first kappa shape index (κ1) is 13.6. The Hall–Kier alpha value is -1.81. The highest BCUT2D eigenvalue weighted by Gasteiger charge is 2.07. The summed E-state index contributed by atoms with van der Waals surface area (Å²) in [5, 5.41) is 0. The Bertz CT molecular complexity index is 564. The average Bonchev–Trinajstić information content (AvgIpc) is 2.41. The quantitative estimate of drug-likeness (QED) is 0.637. The van der Waals surface area contributed by atoms with Crippen molar-refractivity contribution in [3.8, 4) is 11.5 Å². The molecule has 0 aliphatic rings. The van der Waals surface area contributed by atoms with Crippen molar-refractivity contribution in [3.63, 3.8) is 0 Å². The van der Waals surface area contributed by atoms with Crippen molar-refractivity contribution in [2.75, 3.05) is 7.11 Å². The van der Waals surface area contributed by atoms with Crippen LogP contribution in [0, 0.1) is 0 Å². The van der Waals surface area contributed by atoms with Gasteiger partial charge in [0.25, 0.3) is 0 Å². The maximum absolute atomic E-state index is 11.8. The van der Waals surface area contributed by atoms with Crippen LogP contribution in [-0.4, -0.2) is 13.1 Å². The Morgan fingerprint density at radius 2 is 1.84 bits per heavy atom. The summed E-state index contributed by atoms with van der Waals surface area (Å²) in [6, 6.07) is 14.5. The van der Waals surface area contributed by atoms with Gasteiger partial charge >= 0.3 is 5.97 Å². The first-order valence-corrected chi connectivity index (χ1v) is 6.56. The summed E-state index contributed by atoms with van der Waals surface area (Å²) in [4.78, 5) is 11.8. The van der Waals surface area contributed by atoms with Gasteiger partial charge < -0.3 is 9.47 Å². The van der Waals surface area contributed by atoms with E-state index >= 15 is 0 Å². The molecule has 19 heavy (non-hydrogen) atoms. The van der Waals surface area contributed by atoms with Gasteiger partial charge in [-0.05, 0) is 42.0 Å². The topological polar surface area (TPSA) is 35.5 Å². The van der Waals surface area contributed by atoms with E-state index in [2.05, 4.69) is 15.9 Å². The van der Waals surface area contributed by atoms with Crippen LogP contribution in [0.3, 0.4) is 0 Å². The fourth-order valence-electron chi connectivity index (χ4n) is 1.62. The molecule has 0 spiro atoms. The first-order valence-electron chi connectivity index (χ1n) is 5.76. The molecule has 98 valence electrons. The Balaban J connectivity index is 1.99. The highest BCUT2D eigenvalue weighted by atomic mass is 79.9. The molecule has 0 atom stereocenters. The molecule has 0 aliphatic heterocycles. The third-order valence-corrected chi connectivity index (χ3v) is 3.06. The fourth-order valence-corrected chi connectivity index (χ4v) is 1.88. The van der Waals surface area contributed by atoms with Crippen molar-refractivity contribution < 1.29 is 14.3 Å². The minimum atomic E-state index is -0.296.